The monoisotopic (exact) mass is 304 g/mol. The molecule has 3 nitrogen and oxygen atoms in total. The molecule has 2 heterocycles. The van der Waals surface area contributed by atoms with Gasteiger partial charge in [-0.3, -0.25) is 9.78 Å². The number of hydrogen-bond donors (Lipinski definition) is 0. The molecule has 114 valence electrons. The zero-order valence-corrected chi connectivity index (χ0v) is 13.4. The molecule has 0 unspecified atom stereocenters. The van der Waals surface area contributed by atoms with Crippen molar-refractivity contribution >= 4 is 17.7 Å². The second-order valence-electron chi connectivity index (χ2n) is 6.26. The highest BCUT2D eigenvalue weighted by molar-refractivity contribution is 8.00. The summed E-state index contributed by atoms with van der Waals surface area (Å²) >= 11 is 1.62. The van der Waals surface area contributed by atoms with E-state index in [0.717, 1.165) is 29.8 Å². The summed E-state index contributed by atoms with van der Waals surface area (Å²) in [6.07, 6.45) is 11.8. The van der Waals surface area contributed by atoms with Crippen LogP contribution in [0.4, 0.5) is 0 Å². The minimum absolute atomic E-state index is 0.301. The van der Waals surface area contributed by atoms with Gasteiger partial charge in [0.15, 0.2) is 0 Å². The van der Waals surface area contributed by atoms with Crippen LogP contribution in [0, 0.1) is 11.8 Å². The average Bonchev–Trinajstić information content (AvgIpc) is 3.04. The van der Waals surface area contributed by atoms with Gasteiger partial charge in [-0.1, -0.05) is 32.1 Å². The fourth-order valence-corrected chi connectivity index (χ4v) is 4.46. The lowest BCUT2D eigenvalue weighted by molar-refractivity contribution is -0.127. The second-order valence-corrected chi connectivity index (χ2v) is 7.31. The Balaban J connectivity index is 1.45. The Morgan fingerprint density at radius 3 is 2.67 bits per heavy atom. The number of amides is 1. The summed E-state index contributed by atoms with van der Waals surface area (Å²) in [5, 5.41) is 0. The van der Waals surface area contributed by atoms with Gasteiger partial charge in [0, 0.05) is 30.4 Å². The summed E-state index contributed by atoms with van der Waals surface area (Å²) in [5.74, 6) is 2.50. The first-order valence-corrected chi connectivity index (χ1v) is 9.12. The van der Waals surface area contributed by atoms with Crippen LogP contribution in [0.25, 0.3) is 0 Å². The number of hydrogen-bond acceptors (Lipinski definition) is 3. The van der Waals surface area contributed by atoms with E-state index >= 15 is 0 Å². The Hall–Kier alpha value is -1.03. The minimum Gasteiger partial charge on any atom is -0.342 e. The van der Waals surface area contributed by atoms with Gasteiger partial charge >= 0.3 is 0 Å². The molecule has 4 heteroatoms. The normalized spacial score (nSPS) is 23.4. The lowest BCUT2D eigenvalue weighted by Gasteiger charge is -2.27. The van der Waals surface area contributed by atoms with Crippen LogP contribution in [-0.2, 0) is 4.79 Å². The van der Waals surface area contributed by atoms with Gasteiger partial charge in [-0.25, -0.2) is 0 Å². The quantitative estimate of drug-likeness (QED) is 0.797. The number of rotatable bonds is 4. The molecular formula is C17H24N2OS. The highest BCUT2D eigenvalue weighted by atomic mass is 32.2. The van der Waals surface area contributed by atoms with Crippen molar-refractivity contribution in [3.63, 3.8) is 0 Å². The Morgan fingerprint density at radius 1 is 1.14 bits per heavy atom. The lowest BCUT2D eigenvalue weighted by Crippen LogP contribution is -2.31. The molecule has 1 aliphatic carbocycles. The van der Waals surface area contributed by atoms with E-state index in [1.807, 2.05) is 12.1 Å². The molecule has 0 radical (unpaired) electrons. The summed E-state index contributed by atoms with van der Waals surface area (Å²) in [7, 11) is 0. The van der Waals surface area contributed by atoms with Crippen LogP contribution >= 0.6 is 11.8 Å². The summed E-state index contributed by atoms with van der Waals surface area (Å²) in [6.45, 7) is 1.97. The molecular weight excluding hydrogens is 280 g/mol. The number of carbonyl (C=O) groups excluding carboxylic acids is 1. The molecule has 1 saturated heterocycles. The molecule has 0 aromatic carbocycles. The van der Waals surface area contributed by atoms with Gasteiger partial charge in [0.05, 0.1) is 5.75 Å². The highest BCUT2D eigenvalue weighted by Crippen LogP contribution is 2.35. The lowest BCUT2D eigenvalue weighted by atomic mass is 9.80. The van der Waals surface area contributed by atoms with Crippen molar-refractivity contribution in [3.8, 4) is 0 Å². The average molecular weight is 304 g/mol. The van der Waals surface area contributed by atoms with Crippen LogP contribution in [0.1, 0.15) is 38.5 Å². The maximum Gasteiger partial charge on any atom is 0.232 e. The molecule has 21 heavy (non-hydrogen) atoms. The third kappa shape index (κ3) is 4.00. The number of nitrogens with zero attached hydrogens (tertiary/aromatic N) is 2. The summed E-state index contributed by atoms with van der Waals surface area (Å²) in [4.78, 5) is 19.6. The second kappa shape index (κ2) is 7.30. The number of likely N-dealkylation sites (tertiary alicyclic amines) is 1. The smallest absolute Gasteiger partial charge is 0.232 e. The summed E-state index contributed by atoms with van der Waals surface area (Å²) in [6, 6.07) is 3.93. The maximum atomic E-state index is 12.3. The van der Waals surface area contributed by atoms with Gasteiger partial charge in [-0.05, 0) is 30.4 Å². The largest absolute Gasteiger partial charge is 0.342 e. The molecule has 1 aromatic heterocycles. The minimum atomic E-state index is 0.301. The Morgan fingerprint density at radius 2 is 1.90 bits per heavy atom. The van der Waals surface area contributed by atoms with E-state index in [0.29, 0.717) is 11.7 Å². The zero-order valence-electron chi connectivity index (χ0n) is 12.5. The van der Waals surface area contributed by atoms with Crippen molar-refractivity contribution in [1.82, 2.24) is 9.88 Å². The molecule has 2 aliphatic rings. The molecule has 2 fully saturated rings. The van der Waals surface area contributed by atoms with E-state index in [1.165, 1.54) is 38.5 Å². The molecule has 0 N–H and O–H groups in total. The Bertz CT molecular complexity index is 459. The third-order valence-electron chi connectivity index (χ3n) is 4.91. The molecule has 1 amide bonds. The van der Waals surface area contributed by atoms with Gasteiger partial charge in [0.25, 0.3) is 0 Å². The standard InChI is InChI=1S/C17H24N2OS/c20-17(13-21-16-6-9-18-10-7-16)19-11-8-15(12-19)14-4-2-1-3-5-14/h6-7,9-10,14-15H,1-5,8,11-13H2/t15-/m0/s1. The van der Waals surface area contributed by atoms with Crippen molar-refractivity contribution in [2.75, 3.05) is 18.8 Å². The van der Waals surface area contributed by atoms with Crippen LogP contribution < -0.4 is 0 Å². The number of pyridine rings is 1. The molecule has 0 spiro atoms. The fourth-order valence-electron chi connectivity index (χ4n) is 3.67. The number of carbonyl (C=O) groups is 1. The first-order valence-electron chi connectivity index (χ1n) is 8.13. The molecule has 1 saturated carbocycles. The van der Waals surface area contributed by atoms with Gasteiger partial charge in [0.1, 0.15) is 0 Å². The zero-order chi connectivity index (χ0) is 14.5. The van der Waals surface area contributed by atoms with Crippen molar-refractivity contribution in [3.05, 3.63) is 24.5 Å². The summed E-state index contributed by atoms with van der Waals surface area (Å²) < 4.78 is 0. The number of aromatic nitrogens is 1. The van der Waals surface area contributed by atoms with Crippen molar-refractivity contribution in [1.29, 1.82) is 0 Å². The Labute approximate surface area is 131 Å². The van der Waals surface area contributed by atoms with E-state index in [4.69, 9.17) is 0 Å². The Kier molecular flexibility index (Phi) is 5.17. The van der Waals surface area contributed by atoms with Crippen LogP contribution in [-0.4, -0.2) is 34.6 Å². The molecule has 3 rings (SSSR count). The van der Waals surface area contributed by atoms with Crippen molar-refractivity contribution in [2.24, 2.45) is 11.8 Å². The van der Waals surface area contributed by atoms with E-state index in [1.54, 1.807) is 24.2 Å². The van der Waals surface area contributed by atoms with Gasteiger partial charge in [-0.2, -0.15) is 0 Å². The molecule has 1 aromatic rings. The van der Waals surface area contributed by atoms with E-state index in [-0.39, 0.29) is 0 Å². The van der Waals surface area contributed by atoms with Crippen LogP contribution in [0.5, 0.6) is 0 Å². The van der Waals surface area contributed by atoms with Crippen LogP contribution in [0.15, 0.2) is 29.4 Å². The maximum absolute atomic E-state index is 12.3. The topological polar surface area (TPSA) is 33.2 Å². The van der Waals surface area contributed by atoms with Gasteiger partial charge in [-0.15, -0.1) is 11.8 Å². The fraction of sp³-hybridized carbons (Fsp3) is 0.647. The molecule has 1 atom stereocenters. The van der Waals surface area contributed by atoms with E-state index < -0.39 is 0 Å². The third-order valence-corrected chi connectivity index (χ3v) is 5.90. The highest BCUT2D eigenvalue weighted by Gasteiger charge is 2.32. The van der Waals surface area contributed by atoms with Gasteiger partial charge < -0.3 is 4.90 Å². The molecule has 1 aliphatic heterocycles. The predicted molar refractivity (Wildman–Crippen MR) is 86.2 cm³/mol. The van der Waals surface area contributed by atoms with Crippen molar-refractivity contribution in [2.45, 2.75) is 43.4 Å². The predicted octanol–water partition coefficient (Wildman–Crippen LogP) is 3.60. The van der Waals surface area contributed by atoms with Crippen molar-refractivity contribution < 1.29 is 4.79 Å². The first-order chi connectivity index (χ1) is 10.3. The number of thioether (sulfide) groups is 1. The SMILES string of the molecule is O=C(CSc1ccncc1)N1CC[C@H](C2CCCCC2)C1. The first kappa shape index (κ1) is 14.9. The van der Waals surface area contributed by atoms with Crippen LogP contribution in [0.2, 0.25) is 0 Å². The molecule has 0 bridgehead atoms. The summed E-state index contributed by atoms with van der Waals surface area (Å²) in [5.41, 5.74) is 0. The van der Waals surface area contributed by atoms with Gasteiger partial charge in [0.2, 0.25) is 5.91 Å². The van der Waals surface area contributed by atoms with E-state index in [2.05, 4.69) is 9.88 Å². The van der Waals surface area contributed by atoms with Crippen LogP contribution in [0.3, 0.4) is 0 Å². The van der Waals surface area contributed by atoms with E-state index in [9.17, 15) is 4.79 Å².